The molecule has 0 fully saturated rings. The Morgan fingerprint density at radius 2 is 1.40 bits per heavy atom. The predicted octanol–water partition coefficient (Wildman–Crippen LogP) is 8.55. The van der Waals surface area contributed by atoms with E-state index in [1.54, 1.807) is 13.0 Å². The average molecular weight is 551 g/mol. The molecule has 0 spiro atoms. The van der Waals surface area contributed by atoms with Gasteiger partial charge in [-0.3, -0.25) is 0 Å². The molecular formula is C34H50N2O4. The smallest absolute Gasteiger partial charge is 0.408 e. The van der Waals surface area contributed by atoms with Crippen molar-refractivity contribution in [3.05, 3.63) is 83.9 Å². The van der Waals surface area contributed by atoms with Crippen LogP contribution in [0.25, 0.3) is 11.1 Å². The Morgan fingerprint density at radius 3 is 1.80 bits per heavy atom. The average Bonchev–Trinajstić information content (AvgIpc) is 2.89. The molecule has 1 amide bonds. The van der Waals surface area contributed by atoms with Crippen LogP contribution in [0.1, 0.15) is 104 Å². The highest BCUT2D eigenvalue weighted by Gasteiger charge is 2.24. The maximum atomic E-state index is 11.9. The van der Waals surface area contributed by atoms with Crippen LogP contribution < -0.4 is 5.32 Å². The van der Waals surface area contributed by atoms with Gasteiger partial charge in [-0.25, -0.2) is 9.59 Å². The number of ether oxygens (including phenoxy) is 1. The van der Waals surface area contributed by atoms with Crippen molar-refractivity contribution in [2.45, 2.75) is 105 Å². The van der Waals surface area contributed by atoms with Gasteiger partial charge in [0.15, 0.2) is 0 Å². The molecule has 0 aliphatic rings. The zero-order chi connectivity index (χ0) is 31.1. The van der Waals surface area contributed by atoms with Crippen molar-refractivity contribution < 1.29 is 19.4 Å². The van der Waals surface area contributed by atoms with E-state index in [9.17, 15) is 9.59 Å². The first-order valence-electron chi connectivity index (χ1n) is 13.8. The third-order valence-corrected chi connectivity index (χ3v) is 6.35. The molecule has 0 aliphatic heterocycles. The second-order valence-electron chi connectivity index (χ2n) is 11.1. The number of alkyl carbamates (subject to hydrolysis) is 1. The molecule has 0 saturated carbocycles. The zero-order valence-corrected chi connectivity index (χ0v) is 26.2. The van der Waals surface area contributed by atoms with Gasteiger partial charge in [-0.15, -0.1) is 0 Å². The van der Waals surface area contributed by atoms with Gasteiger partial charge in [0.25, 0.3) is 0 Å². The summed E-state index contributed by atoms with van der Waals surface area (Å²) in [6.07, 6.45) is 2.70. The van der Waals surface area contributed by atoms with Gasteiger partial charge in [0.2, 0.25) is 6.08 Å². The largest absolute Gasteiger partial charge is 0.447 e. The number of amides is 1. The van der Waals surface area contributed by atoms with E-state index in [-0.39, 0.29) is 18.3 Å². The molecule has 0 aromatic heterocycles. The molecule has 2 aromatic rings. The molecule has 2 rings (SSSR count). The molecule has 0 heterocycles. The number of rotatable bonds is 9. The predicted molar refractivity (Wildman–Crippen MR) is 168 cm³/mol. The number of aliphatic hydroxyl groups is 1. The van der Waals surface area contributed by atoms with Gasteiger partial charge < -0.3 is 15.2 Å². The lowest BCUT2D eigenvalue weighted by molar-refractivity contribution is 0.0966. The van der Waals surface area contributed by atoms with E-state index in [0.717, 1.165) is 46.2 Å². The Bertz CT molecular complexity index is 1160. The van der Waals surface area contributed by atoms with Crippen LogP contribution >= 0.6 is 0 Å². The number of nitrogens with one attached hydrogen (secondary N) is 1. The molecule has 2 aromatic carbocycles. The summed E-state index contributed by atoms with van der Waals surface area (Å²) in [4.78, 5) is 26.0. The Balaban J connectivity index is 0.000000669. The third-order valence-electron chi connectivity index (χ3n) is 6.35. The molecule has 40 heavy (non-hydrogen) atoms. The van der Waals surface area contributed by atoms with Crippen LogP contribution in [0, 0.1) is 0 Å². The number of carbonyl (C=O) groups is 1. The highest BCUT2D eigenvalue weighted by Crippen LogP contribution is 2.26. The minimum Gasteiger partial charge on any atom is -0.447 e. The molecule has 0 bridgehead atoms. The van der Waals surface area contributed by atoms with E-state index in [1.165, 1.54) is 0 Å². The fourth-order valence-corrected chi connectivity index (χ4v) is 3.14. The van der Waals surface area contributed by atoms with Crippen LogP contribution in [0.4, 0.5) is 4.79 Å². The summed E-state index contributed by atoms with van der Waals surface area (Å²) in [5.41, 5.74) is 5.16. The zero-order valence-electron chi connectivity index (χ0n) is 26.2. The number of nitrogens with zero attached hydrogens (tertiary/aromatic N) is 1. The van der Waals surface area contributed by atoms with Gasteiger partial charge in [0.05, 0.1) is 17.2 Å². The van der Waals surface area contributed by atoms with Crippen molar-refractivity contribution in [3.63, 3.8) is 0 Å². The standard InChI is InChI=1S/C17H25NO2.C13H15NO.C4H10O/c1-7-13(4)20-16(19)18-17(5,6)15-10-8-9-14(11-15)12(2)3;1-10(2)11-6-5-7-12(8-11)13(3,4)14-9-15;1-3-4(2)5/h8-11,13H,2,7H2,1,3-6H3,(H,18,19);5-8H,1H2,2-4H3;4-5H,3H2,1-2H3. The summed E-state index contributed by atoms with van der Waals surface area (Å²) in [7, 11) is 0. The van der Waals surface area contributed by atoms with Crippen LogP contribution in [0.15, 0.2) is 66.7 Å². The first-order valence-corrected chi connectivity index (χ1v) is 13.8. The van der Waals surface area contributed by atoms with Crippen LogP contribution in [0.5, 0.6) is 0 Å². The molecule has 220 valence electrons. The van der Waals surface area contributed by atoms with Gasteiger partial charge in [0.1, 0.15) is 6.10 Å². The van der Waals surface area contributed by atoms with Gasteiger partial charge in [0, 0.05) is 0 Å². The van der Waals surface area contributed by atoms with E-state index in [1.807, 2.05) is 111 Å². The summed E-state index contributed by atoms with van der Waals surface area (Å²) in [5.74, 6) is 0. The minimum atomic E-state index is -0.521. The highest BCUT2D eigenvalue weighted by molar-refractivity contribution is 5.69. The fourth-order valence-electron chi connectivity index (χ4n) is 3.14. The number of aliphatic imine (C=N–C) groups is 1. The van der Waals surface area contributed by atoms with Crippen molar-refractivity contribution in [2.24, 2.45) is 4.99 Å². The summed E-state index contributed by atoms with van der Waals surface area (Å²) in [5, 5.41) is 11.3. The second-order valence-corrected chi connectivity index (χ2v) is 11.1. The van der Waals surface area contributed by atoms with Crippen LogP contribution in [0.3, 0.4) is 0 Å². The van der Waals surface area contributed by atoms with Crippen molar-refractivity contribution in [1.29, 1.82) is 0 Å². The number of benzene rings is 2. The van der Waals surface area contributed by atoms with Crippen LogP contribution in [-0.2, 0) is 20.6 Å². The molecule has 0 aliphatic carbocycles. The van der Waals surface area contributed by atoms with Crippen molar-refractivity contribution in [3.8, 4) is 0 Å². The van der Waals surface area contributed by atoms with Gasteiger partial charge in [-0.2, -0.15) is 4.99 Å². The van der Waals surface area contributed by atoms with Gasteiger partial charge >= 0.3 is 6.09 Å². The number of carbonyl (C=O) groups excluding carboxylic acids is 2. The summed E-state index contributed by atoms with van der Waals surface area (Å²) >= 11 is 0. The second kappa shape index (κ2) is 17.3. The molecule has 2 N–H and O–H groups in total. The van der Waals surface area contributed by atoms with E-state index in [4.69, 9.17) is 9.84 Å². The van der Waals surface area contributed by atoms with Gasteiger partial charge in [-0.05, 0) is 103 Å². The normalized spacial score (nSPS) is 12.2. The van der Waals surface area contributed by atoms with Crippen LogP contribution in [-0.4, -0.2) is 29.5 Å². The Morgan fingerprint density at radius 1 is 0.950 bits per heavy atom. The van der Waals surface area contributed by atoms with E-state index in [0.29, 0.717) is 0 Å². The number of aliphatic hydroxyl groups excluding tert-OH is 1. The quantitative estimate of drug-likeness (QED) is 0.242. The maximum Gasteiger partial charge on any atom is 0.408 e. The first kappa shape index (κ1) is 36.5. The van der Waals surface area contributed by atoms with E-state index < -0.39 is 11.1 Å². The van der Waals surface area contributed by atoms with Gasteiger partial charge in [-0.1, -0.05) is 74.5 Å². The van der Waals surface area contributed by atoms with E-state index in [2.05, 4.69) is 23.5 Å². The monoisotopic (exact) mass is 550 g/mol. The highest BCUT2D eigenvalue weighted by atomic mass is 16.6. The minimum absolute atomic E-state index is 0.0763. The number of hydrogen-bond donors (Lipinski definition) is 2. The topological polar surface area (TPSA) is 88.0 Å². The molecule has 0 radical (unpaired) electrons. The van der Waals surface area contributed by atoms with Crippen molar-refractivity contribution in [2.75, 3.05) is 0 Å². The lowest BCUT2D eigenvalue weighted by atomic mass is 9.92. The molecule has 2 atom stereocenters. The number of allylic oxidation sites excluding steroid dienone is 2. The fraction of sp³-hybridized carbons (Fsp3) is 0.471. The van der Waals surface area contributed by atoms with Crippen LogP contribution in [0.2, 0.25) is 0 Å². The summed E-state index contributed by atoms with van der Waals surface area (Å²) in [6.45, 7) is 27.0. The number of isocyanates is 1. The molecule has 0 saturated heterocycles. The van der Waals surface area contributed by atoms with Crippen molar-refractivity contribution in [1.82, 2.24) is 5.32 Å². The Hall–Kier alpha value is -3.47. The molecule has 2 unspecified atom stereocenters. The lowest BCUT2D eigenvalue weighted by Crippen LogP contribution is -2.42. The molecule has 6 heteroatoms. The third kappa shape index (κ3) is 13.5. The van der Waals surface area contributed by atoms with E-state index >= 15 is 0 Å². The molecular weight excluding hydrogens is 500 g/mol. The first-order chi connectivity index (χ1) is 18.5. The molecule has 6 nitrogen and oxygen atoms in total. The lowest BCUT2D eigenvalue weighted by Gasteiger charge is -2.27. The Kier molecular flexibility index (Phi) is 15.8. The SMILES string of the molecule is C=C(C)c1cccc(C(C)(C)N=C=O)c1.C=C(C)c1cccc(C(C)(C)NC(=O)OC(C)CC)c1.CCC(C)O. The summed E-state index contributed by atoms with van der Waals surface area (Å²) in [6, 6.07) is 15.9. The Labute approximate surface area is 242 Å². The summed E-state index contributed by atoms with van der Waals surface area (Å²) < 4.78 is 5.27. The number of hydrogen-bond acceptors (Lipinski definition) is 5. The van der Waals surface area contributed by atoms with Crippen molar-refractivity contribution >= 4 is 23.3 Å². The maximum absolute atomic E-state index is 11.9.